The van der Waals surface area contributed by atoms with E-state index in [4.69, 9.17) is 9.29 Å². The Morgan fingerprint density at radius 2 is 1.94 bits per heavy atom. The standard InChI is InChI=1S/C12H8O4S/c13-17(14,15)12-9-5-4-8-11(12)16-10-6-2-1-3-7-10/h1-2,4-5,7-9H,(H,13,14,15). The fraction of sp³-hybridized carbons (Fsp3) is 0. The zero-order valence-corrected chi connectivity index (χ0v) is 9.44. The van der Waals surface area contributed by atoms with Gasteiger partial charge in [-0.1, -0.05) is 18.2 Å². The van der Waals surface area contributed by atoms with Gasteiger partial charge in [-0.3, -0.25) is 4.55 Å². The van der Waals surface area contributed by atoms with E-state index in [9.17, 15) is 8.42 Å². The maximum atomic E-state index is 11.1. The van der Waals surface area contributed by atoms with Gasteiger partial charge in [-0.05, 0) is 30.3 Å². The van der Waals surface area contributed by atoms with Crippen molar-refractivity contribution in [3.05, 3.63) is 54.6 Å². The molecule has 0 fully saturated rings. The van der Waals surface area contributed by atoms with Crippen LogP contribution in [0.4, 0.5) is 0 Å². The lowest BCUT2D eigenvalue weighted by atomic mass is 10.3. The van der Waals surface area contributed by atoms with E-state index < -0.39 is 10.1 Å². The lowest BCUT2D eigenvalue weighted by Crippen LogP contribution is -2.00. The van der Waals surface area contributed by atoms with Crippen molar-refractivity contribution in [1.29, 1.82) is 0 Å². The van der Waals surface area contributed by atoms with E-state index in [-0.39, 0.29) is 10.6 Å². The highest BCUT2D eigenvalue weighted by atomic mass is 32.2. The average molecular weight is 248 g/mol. The lowest BCUT2D eigenvalue weighted by molar-refractivity contribution is 0.449. The van der Waals surface area contributed by atoms with Gasteiger partial charge in [-0.15, -0.1) is 0 Å². The molecule has 0 heterocycles. The Balaban J connectivity index is 2.41. The van der Waals surface area contributed by atoms with Crippen molar-refractivity contribution >= 4 is 10.1 Å². The van der Waals surface area contributed by atoms with Crippen LogP contribution in [0.25, 0.3) is 0 Å². The van der Waals surface area contributed by atoms with Gasteiger partial charge in [-0.25, -0.2) is 0 Å². The molecule has 2 radical (unpaired) electrons. The Morgan fingerprint density at radius 1 is 1.18 bits per heavy atom. The maximum Gasteiger partial charge on any atom is 0.298 e. The summed E-state index contributed by atoms with van der Waals surface area (Å²) in [4.78, 5) is -0.280. The van der Waals surface area contributed by atoms with E-state index in [1.165, 1.54) is 24.3 Å². The summed E-state index contributed by atoms with van der Waals surface area (Å²) >= 11 is 0. The molecule has 0 bridgehead atoms. The third-order valence-electron chi connectivity index (χ3n) is 1.97. The molecule has 0 aliphatic heterocycles. The topological polar surface area (TPSA) is 63.6 Å². The van der Waals surface area contributed by atoms with Gasteiger partial charge in [0.05, 0.1) is 0 Å². The summed E-state index contributed by atoms with van der Waals surface area (Å²) in [5, 5.41) is 0. The smallest absolute Gasteiger partial charge is 0.298 e. The minimum absolute atomic E-state index is 0.0471. The Labute approximate surface area is 99.2 Å². The summed E-state index contributed by atoms with van der Waals surface area (Å²) < 4.78 is 36.5. The van der Waals surface area contributed by atoms with Crippen LogP contribution >= 0.6 is 0 Å². The molecule has 1 N–H and O–H groups in total. The van der Waals surface area contributed by atoms with Crippen molar-refractivity contribution in [2.75, 3.05) is 0 Å². The number of para-hydroxylation sites is 1. The molecule has 0 saturated heterocycles. The van der Waals surface area contributed by atoms with Crippen molar-refractivity contribution < 1.29 is 17.7 Å². The average Bonchev–Trinajstić information content (AvgIpc) is 2.30. The van der Waals surface area contributed by atoms with E-state index in [0.717, 1.165) is 0 Å². The third-order valence-corrected chi connectivity index (χ3v) is 2.86. The molecule has 0 unspecified atom stereocenters. The Morgan fingerprint density at radius 3 is 2.59 bits per heavy atom. The summed E-state index contributed by atoms with van der Waals surface area (Å²) in [6, 6.07) is 16.1. The molecule has 0 spiro atoms. The summed E-state index contributed by atoms with van der Waals surface area (Å²) in [6.07, 6.45) is 0. The van der Waals surface area contributed by atoms with E-state index in [0.29, 0.717) is 5.75 Å². The lowest BCUT2D eigenvalue weighted by Gasteiger charge is -2.08. The van der Waals surface area contributed by atoms with Crippen LogP contribution in [0.15, 0.2) is 47.4 Å². The van der Waals surface area contributed by atoms with Crippen LogP contribution in [0, 0.1) is 12.1 Å². The number of ether oxygens (including phenoxy) is 1. The first kappa shape index (κ1) is 11.6. The summed E-state index contributed by atoms with van der Waals surface area (Å²) in [6.45, 7) is 0. The Bertz CT molecular complexity index is 605. The molecule has 0 aliphatic carbocycles. The number of benzene rings is 2. The van der Waals surface area contributed by atoms with Gasteiger partial charge in [0.1, 0.15) is 16.4 Å². The highest BCUT2D eigenvalue weighted by molar-refractivity contribution is 7.86. The highest BCUT2D eigenvalue weighted by Crippen LogP contribution is 2.27. The van der Waals surface area contributed by atoms with Crippen molar-refractivity contribution in [3.8, 4) is 11.5 Å². The molecule has 0 aliphatic rings. The molecule has 5 heteroatoms. The van der Waals surface area contributed by atoms with Crippen molar-refractivity contribution in [3.63, 3.8) is 0 Å². The number of hydrogen-bond donors (Lipinski definition) is 1. The molecule has 0 amide bonds. The van der Waals surface area contributed by atoms with Gasteiger partial charge < -0.3 is 4.74 Å². The number of hydrogen-bond acceptors (Lipinski definition) is 3. The summed E-state index contributed by atoms with van der Waals surface area (Å²) in [5.41, 5.74) is 0. The molecule has 0 atom stereocenters. The van der Waals surface area contributed by atoms with Crippen LogP contribution in [0.3, 0.4) is 0 Å². The van der Waals surface area contributed by atoms with Crippen LogP contribution in [0.1, 0.15) is 0 Å². The van der Waals surface area contributed by atoms with Gasteiger partial charge in [0.15, 0.2) is 0 Å². The van der Waals surface area contributed by atoms with Gasteiger partial charge in [0, 0.05) is 6.07 Å². The highest BCUT2D eigenvalue weighted by Gasteiger charge is 2.16. The van der Waals surface area contributed by atoms with E-state index in [1.54, 1.807) is 18.2 Å². The van der Waals surface area contributed by atoms with Crippen LogP contribution in [-0.2, 0) is 10.1 Å². The molecule has 2 aromatic rings. The summed E-state index contributed by atoms with van der Waals surface area (Å²) in [7, 11) is -4.30. The van der Waals surface area contributed by atoms with E-state index in [2.05, 4.69) is 12.1 Å². The fourth-order valence-corrected chi connectivity index (χ4v) is 1.88. The predicted molar refractivity (Wildman–Crippen MR) is 60.4 cm³/mol. The molecule has 0 saturated carbocycles. The quantitative estimate of drug-likeness (QED) is 0.847. The Kier molecular flexibility index (Phi) is 3.12. The number of rotatable bonds is 3. The van der Waals surface area contributed by atoms with Gasteiger partial charge in [0.2, 0.25) is 0 Å². The minimum Gasteiger partial charge on any atom is -0.455 e. The first-order valence-electron chi connectivity index (χ1n) is 4.69. The normalized spacial score (nSPS) is 11.1. The molecule has 4 nitrogen and oxygen atoms in total. The van der Waals surface area contributed by atoms with Gasteiger partial charge in [0.25, 0.3) is 10.1 Å². The molecular weight excluding hydrogens is 240 g/mol. The third kappa shape index (κ3) is 2.83. The molecule has 0 aromatic heterocycles. The van der Waals surface area contributed by atoms with Crippen molar-refractivity contribution in [2.45, 2.75) is 4.90 Å². The van der Waals surface area contributed by atoms with Crippen molar-refractivity contribution in [2.24, 2.45) is 0 Å². The van der Waals surface area contributed by atoms with Crippen LogP contribution in [0.2, 0.25) is 0 Å². The van der Waals surface area contributed by atoms with E-state index >= 15 is 0 Å². The minimum atomic E-state index is -4.30. The second kappa shape index (κ2) is 4.57. The molecule has 2 aromatic carbocycles. The molecule has 86 valence electrons. The summed E-state index contributed by atoms with van der Waals surface area (Å²) in [5.74, 6) is 0.370. The molecule has 17 heavy (non-hydrogen) atoms. The first-order valence-corrected chi connectivity index (χ1v) is 6.13. The molecule has 2 rings (SSSR count). The van der Waals surface area contributed by atoms with Gasteiger partial charge >= 0.3 is 0 Å². The van der Waals surface area contributed by atoms with Gasteiger partial charge in [-0.2, -0.15) is 8.42 Å². The van der Waals surface area contributed by atoms with Crippen molar-refractivity contribution in [1.82, 2.24) is 0 Å². The zero-order chi connectivity index (χ0) is 12.3. The van der Waals surface area contributed by atoms with E-state index in [1.807, 2.05) is 0 Å². The maximum absolute atomic E-state index is 11.1. The van der Waals surface area contributed by atoms with Crippen LogP contribution < -0.4 is 4.74 Å². The first-order chi connectivity index (χ1) is 8.07. The van der Waals surface area contributed by atoms with Crippen LogP contribution in [-0.4, -0.2) is 13.0 Å². The monoisotopic (exact) mass is 248 g/mol. The molecular formula is C12H8O4S. The fourth-order valence-electron chi connectivity index (χ4n) is 1.26. The SMILES string of the molecule is O=S(=O)(O)c1ccccc1Oc1[c]cc[c]c1. The predicted octanol–water partition coefficient (Wildman–Crippen LogP) is 2.33. The largest absolute Gasteiger partial charge is 0.455 e. The zero-order valence-electron chi connectivity index (χ0n) is 8.62. The Hall–Kier alpha value is -1.85. The second-order valence-electron chi connectivity index (χ2n) is 3.18. The second-order valence-corrected chi connectivity index (χ2v) is 4.57. The van der Waals surface area contributed by atoms with Crippen LogP contribution in [0.5, 0.6) is 11.5 Å².